The Hall–Kier alpha value is -8.07. The van der Waals surface area contributed by atoms with Crippen LogP contribution in [0.4, 0.5) is 0 Å². The molecule has 12 aromatic rings. The van der Waals surface area contributed by atoms with E-state index in [1.165, 1.54) is 38.4 Å². The molecule has 15 nitrogen and oxygen atoms in total. The minimum absolute atomic E-state index is 0. The topological polar surface area (TPSA) is 146 Å². The Bertz CT molecular complexity index is 3530. The SMILES string of the molecule is C.CC(C)n1ncc2cccnc21.Cc1ccc2c(ccn2C(C)C)c1.Cc1ccc2ccn(C(C)C)c2n1.Cc1cnc2c(ccn2C(C)C)c1.Cc1cnc2c(cnn2C(C)C)c1.Cc1ncc2ncn(C(C)C)c2n1. The van der Waals surface area contributed by atoms with Gasteiger partial charge in [0.15, 0.2) is 16.9 Å². The first-order valence-corrected chi connectivity index (χ1v) is 26.9. The number of hydrogen-bond acceptors (Lipinski definition) is 9. The van der Waals surface area contributed by atoms with E-state index in [1.54, 1.807) is 12.4 Å². The Morgan fingerprint density at radius 2 is 0.910 bits per heavy atom. The van der Waals surface area contributed by atoms with Gasteiger partial charge in [0, 0.05) is 106 Å². The van der Waals surface area contributed by atoms with Gasteiger partial charge in [-0.1, -0.05) is 19.1 Å². The molecule has 0 saturated heterocycles. The van der Waals surface area contributed by atoms with Crippen molar-refractivity contribution in [2.24, 2.45) is 0 Å². The molecule has 0 aliphatic heterocycles. The fraction of sp³-hybridized carbons (Fsp3) is 0.381. The quantitative estimate of drug-likeness (QED) is 0.159. The summed E-state index contributed by atoms with van der Waals surface area (Å²) in [5.41, 5.74) is 12.0. The highest BCUT2D eigenvalue weighted by Crippen LogP contribution is 2.23. The Morgan fingerprint density at radius 3 is 1.54 bits per heavy atom. The van der Waals surface area contributed by atoms with E-state index in [9.17, 15) is 0 Å². The van der Waals surface area contributed by atoms with E-state index in [0.29, 0.717) is 36.3 Å². The number of aromatic nitrogens is 15. The average molecular weight is 1050 g/mol. The number of pyridine rings is 4. The van der Waals surface area contributed by atoms with Crippen LogP contribution in [0, 0.1) is 34.6 Å². The molecule has 0 fully saturated rings. The van der Waals surface area contributed by atoms with Crippen LogP contribution in [0.3, 0.4) is 0 Å². The lowest BCUT2D eigenvalue weighted by Crippen LogP contribution is -2.02. The van der Waals surface area contributed by atoms with E-state index < -0.39 is 0 Å². The van der Waals surface area contributed by atoms with Crippen molar-refractivity contribution in [2.75, 3.05) is 0 Å². The molecular formula is C63H83N15. The fourth-order valence-corrected chi connectivity index (χ4v) is 8.82. The van der Waals surface area contributed by atoms with Crippen molar-refractivity contribution in [1.82, 2.24) is 72.7 Å². The van der Waals surface area contributed by atoms with Crippen LogP contribution < -0.4 is 0 Å². The average Bonchev–Trinajstić information content (AvgIpc) is 4.27. The van der Waals surface area contributed by atoms with Gasteiger partial charge in [-0.05, 0) is 201 Å². The van der Waals surface area contributed by atoms with E-state index in [1.807, 2.05) is 84.0 Å². The monoisotopic (exact) mass is 1050 g/mol. The van der Waals surface area contributed by atoms with Gasteiger partial charge in [0.1, 0.15) is 22.6 Å². The lowest BCUT2D eigenvalue weighted by atomic mass is 10.2. The maximum absolute atomic E-state index is 4.52. The van der Waals surface area contributed by atoms with Crippen LogP contribution in [0.25, 0.3) is 66.2 Å². The summed E-state index contributed by atoms with van der Waals surface area (Å²) in [7, 11) is 0. The molecule has 0 saturated carbocycles. The molecule has 0 amide bonds. The van der Waals surface area contributed by atoms with E-state index >= 15 is 0 Å². The molecule has 0 aliphatic rings. The van der Waals surface area contributed by atoms with Gasteiger partial charge in [-0.2, -0.15) is 10.2 Å². The number of fused-ring (bicyclic) bond motifs is 6. The van der Waals surface area contributed by atoms with Crippen LogP contribution in [-0.2, 0) is 0 Å². The molecule has 410 valence electrons. The predicted molar refractivity (Wildman–Crippen MR) is 325 cm³/mol. The largest absolute Gasteiger partial charge is 0.345 e. The summed E-state index contributed by atoms with van der Waals surface area (Å²) in [4.78, 5) is 30.2. The molecule has 12 rings (SSSR count). The summed E-state index contributed by atoms with van der Waals surface area (Å²) < 4.78 is 12.6. The number of aryl methyl sites for hydroxylation is 5. The summed E-state index contributed by atoms with van der Waals surface area (Å²) in [6.07, 6.45) is 19.2. The van der Waals surface area contributed by atoms with Gasteiger partial charge in [-0.3, -0.25) is 0 Å². The zero-order valence-corrected chi connectivity index (χ0v) is 48.4. The Kier molecular flexibility index (Phi) is 20.0. The van der Waals surface area contributed by atoms with Crippen molar-refractivity contribution in [3.63, 3.8) is 0 Å². The van der Waals surface area contributed by atoms with Gasteiger partial charge in [0.2, 0.25) is 0 Å². The first-order valence-electron chi connectivity index (χ1n) is 26.9. The van der Waals surface area contributed by atoms with E-state index in [-0.39, 0.29) is 7.43 Å². The number of rotatable bonds is 6. The van der Waals surface area contributed by atoms with Crippen LogP contribution in [-0.4, -0.2) is 72.7 Å². The maximum Gasteiger partial charge on any atom is 0.163 e. The molecule has 0 radical (unpaired) electrons. The summed E-state index contributed by atoms with van der Waals surface area (Å²) >= 11 is 0. The van der Waals surface area contributed by atoms with Gasteiger partial charge in [0.05, 0.1) is 24.9 Å². The molecule has 0 bridgehead atoms. The third-order valence-electron chi connectivity index (χ3n) is 12.8. The molecule has 0 atom stereocenters. The van der Waals surface area contributed by atoms with Crippen molar-refractivity contribution in [2.45, 2.75) is 161 Å². The van der Waals surface area contributed by atoms with Crippen LogP contribution in [0.2, 0.25) is 0 Å². The molecule has 0 N–H and O–H groups in total. The minimum Gasteiger partial charge on any atom is -0.345 e. The van der Waals surface area contributed by atoms with Crippen molar-refractivity contribution in [3.8, 4) is 0 Å². The highest BCUT2D eigenvalue weighted by molar-refractivity contribution is 5.81. The molecule has 11 aromatic heterocycles. The summed E-state index contributed by atoms with van der Waals surface area (Å²) in [6, 6.07) is 28.0. The van der Waals surface area contributed by atoms with Crippen LogP contribution in [0.5, 0.6) is 0 Å². The summed E-state index contributed by atoms with van der Waals surface area (Å²) in [5.74, 6) is 0.787. The van der Waals surface area contributed by atoms with E-state index in [4.69, 9.17) is 0 Å². The molecule has 0 spiro atoms. The molecule has 0 unspecified atom stereocenters. The van der Waals surface area contributed by atoms with E-state index in [2.05, 4.69) is 229 Å². The Labute approximate surface area is 461 Å². The first kappa shape index (κ1) is 59.2. The molecular weight excluding hydrogens is 967 g/mol. The van der Waals surface area contributed by atoms with Crippen molar-refractivity contribution >= 4 is 66.2 Å². The highest BCUT2D eigenvalue weighted by atomic mass is 15.3. The van der Waals surface area contributed by atoms with Crippen molar-refractivity contribution in [3.05, 3.63) is 163 Å². The standard InChI is InChI=1S/C12H15N.2C11H14N2.C10H13N3.C9H12N4.C9H11N3.CH4/c1-9(2)13-7-6-11-8-10(3)4-5-12(11)13;1-8(2)13-5-4-10-6-9(3)7-12-11(10)13;1-8(2)13-7-6-10-5-4-9(3)12-11(10)13;1-7(2)13-10-9(6-12-13)4-8(3)5-11-10;1-6(2)13-5-11-8-4-10-7(3)12-9(8)13;1-7(2)12-9-8(6-11-12)4-3-5-10-9;/h4-9H,1-3H3;2*4-8H,1-3H3;4-7H,1-3H3;4-6H,1-3H3;3-7H,1-2H3;1H4. The summed E-state index contributed by atoms with van der Waals surface area (Å²) in [5, 5.41) is 14.6. The third kappa shape index (κ3) is 14.3. The molecule has 78 heavy (non-hydrogen) atoms. The van der Waals surface area contributed by atoms with Gasteiger partial charge in [0.25, 0.3) is 0 Å². The van der Waals surface area contributed by atoms with E-state index in [0.717, 1.165) is 56.0 Å². The molecule has 0 aliphatic carbocycles. The van der Waals surface area contributed by atoms with Crippen LogP contribution >= 0.6 is 0 Å². The number of hydrogen-bond donors (Lipinski definition) is 0. The molecule has 11 heterocycles. The predicted octanol–water partition coefficient (Wildman–Crippen LogP) is 16.1. The second-order valence-corrected chi connectivity index (χ2v) is 21.4. The van der Waals surface area contributed by atoms with Gasteiger partial charge >= 0.3 is 0 Å². The first-order chi connectivity index (χ1) is 36.7. The van der Waals surface area contributed by atoms with Gasteiger partial charge in [-0.15, -0.1) is 0 Å². The van der Waals surface area contributed by atoms with Gasteiger partial charge < -0.3 is 18.3 Å². The third-order valence-corrected chi connectivity index (χ3v) is 12.8. The Morgan fingerprint density at radius 1 is 0.372 bits per heavy atom. The zero-order chi connectivity index (χ0) is 55.7. The summed E-state index contributed by atoms with van der Waals surface area (Å²) in [6.45, 7) is 35.9. The normalized spacial score (nSPS) is 11.2. The van der Waals surface area contributed by atoms with Crippen molar-refractivity contribution in [1.29, 1.82) is 0 Å². The number of imidazole rings is 1. The lowest BCUT2D eigenvalue weighted by molar-refractivity contribution is 0.546. The second-order valence-electron chi connectivity index (χ2n) is 21.4. The number of nitrogens with zero attached hydrogens (tertiary/aromatic N) is 15. The fourth-order valence-electron chi connectivity index (χ4n) is 8.82. The second kappa shape index (κ2) is 26.3. The molecule has 15 heteroatoms. The number of benzene rings is 1. The van der Waals surface area contributed by atoms with Crippen LogP contribution in [0.1, 0.15) is 155 Å². The van der Waals surface area contributed by atoms with Gasteiger partial charge in [-0.25, -0.2) is 44.3 Å². The van der Waals surface area contributed by atoms with Crippen LogP contribution in [0.15, 0.2) is 135 Å². The Balaban J connectivity index is 0.000000151. The smallest absolute Gasteiger partial charge is 0.163 e. The molecule has 1 aromatic carbocycles. The minimum atomic E-state index is 0. The zero-order valence-electron chi connectivity index (χ0n) is 48.4. The lowest BCUT2D eigenvalue weighted by Gasteiger charge is -2.08. The van der Waals surface area contributed by atoms with Crippen molar-refractivity contribution < 1.29 is 0 Å². The maximum atomic E-state index is 4.52. The highest BCUT2D eigenvalue weighted by Gasteiger charge is 2.10.